The molecule has 0 aromatic heterocycles. The van der Waals surface area contributed by atoms with Gasteiger partial charge in [-0.05, 0) is 0 Å². The maximum Gasteiger partial charge on any atom is 0.426 e. The van der Waals surface area contributed by atoms with Crippen LogP contribution in [-0.2, 0) is 0 Å². The molecule has 0 unspecified atom stereocenters. The van der Waals surface area contributed by atoms with E-state index < -0.39 is 24.4 Å². The van der Waals surface area contributed by atoms with Gasteiger partial charge in [-0.15, -0.1) is 0 Å². The Bertz CT molecular complexity index is 217. The first-order chi connectivity index (χ1) is 6.56. The van der Waals surface area contributed by atoms with Crippen LogP contribution in [-0.4, -0.2) is 28.8 Å². The van der Waals surface area contributed by atoms with Crippen LogP contribution in [0.15, 0.2) is 12.2 Å². The number of hydrogen-bond donors (Lipinski definition) is 2. The topological polar surface area (TPSA) is 20.2 Å². The molecule has 90 valence electrons. The van der Waals surface area contributed by atoms with Gasteiger partial charge in [0.1, 0.15) is 0 Å². The van der Waals surface area contributed by atoms with Gasteiger partial charge in [-0.25, -0.2) is 0 Å². The van der Waals surface area contributed by atoms with Crippen LogP contribution in [0.5, 0.6) is 0 Å². The molecule has 8 heteroatoms. The summed E-state index contributed by atoms with van der Waals surface area (Å²) in [6, 6.07) is 0. The van der Waals surface area contributed by atoms with Gasteiger partial charge in [0.2, 0.25) is 0 Å². The van der Waals surface area contributed by atoms with E-state index in [1.54, 1.807) is 0 Å². The van der Waals surface area contributed by atoms with E-state index in [2.05, 4.69) is 12.6 Å². The van der Waals surface area contributed by atoms with Crippen LogP contribution in [0.3, 0.4) is 0 Å². The van der Waals surface area contributed by atoms with Crippen LogP contribution in [0.1, 0.15) is 6.42 Å². The van der Waals surface area contributed by atoms with Gasteiger partial charge in [0.05, 0.1) is 0 Å². The van der Waals surface area contributed by atoms with Gasteiger partial charge < -0.3 is 5.11 Å². The summed E-state index contributed by atoms with van der Waals surface area (Å²) >= 11 is 3.56. The summed E-state index contributed by atoms with van der Waals surface area (Å²) in [6.45, 7) is 0. The predicted molar refractivity (Wildman–Crippen MR) is 44.7 cm³/mol. The van der Waals surface area contributed by atoms with Crippen LogP contribution >= 0.6 is 12.6 Å². The van der Waals surface area contributed by atoms with Gasteiger partial charge >= 0.3 is 12.4 Å². The summed E-state index contributed by atoms with van der Waals surface area (Å²) < 4.78 is 72.0. The third-order valence-corrected chi connectivity index (χ3v) is 1.83. The Balaban J connectivity index is 4.98. The molecule has 0 aliphatic heterocycles. The molecule has 15 heavy (non-hydrogen) atoms. The summed E-state index contributed by atoms with van der Waals surface area (Å²) in [5.74, 6) is -0.00814. The molecule has 0 aromatic carbocycles. The number of alkyl halides is 6. The van der Waals surface area contributed by atoms with Crippen LogP contribution in [0, 0.1) is 0 Å². The Morgan fingerprint density at radius 1 is 0.933 bits per heavy atom. The zero-order chi connectivity index (χ0) is 12.3. The molecule has 0 fully saturated rings. The molecule has 0 heterocycles. The van der Waals surface area contributed by atoms with Gasteiger partial charge in [-0.1, -0.05) is 12.2 Å². The molecule has 1 N–H and O–H groups in total. The monoisotopic (exact) mass is 254 g/mol. The SMILES string of the molecule is OC(C/C=C/CS)(C(F)(F)F)C(F)(F)F. The van der Waals surface area contributed by atoms with Crippen LogP contribution in [0.4, 0.5) is 26.3 Å². The fraction of sp³-hybridized carbons (Fsp3) is 0.714. The molecule has 0 saturated carbocycles. The van der Waals surface area contributed by atoms with Crippen molar-refractivity contribution in [3.63, 3.8) is 0 Å². The molecule has 0 amide bonds. The smallest absolute Gasteiger partial charge is 0.373 e. The maximum absolute atomic E-state index is 12.0. The average Bonchev–Trinajstić information content (AvgIpc) is 2.00. The molecular formula is C7H8F6OS. The number of halogens is 6. The summed E-state index contributed by atoms with van der Waals surface area (Å²) in [5, 5.41) is 8.58. The third kappa shape index (κ3) is 3.30. The van der Waals surface area contributed by atoms with Crippen molar-refractivity contribution in [2.75, 3.05) is 5.75 Å². The predicted octanol–water partition coefficient (Wildman–Crippen LogP) is 2.72. The minimum Gasteiger partial charge on any atom is -0.373 e. The second-order valence-corrected chi connectivity index (χ2v) is 3.08. The van der Waals surface area contributed by atoms with Crippen LogP contribution < -0.4 is 0 Å². The van der Waals surface area contributed by atoms with Crippen molar-refractivity contribution in [3.05, 3.63) is 12.2 Å². The van der Waals surface area contributed by atoms with Gasteiger partial charge in [0.15, 0.2) is 0 Å². The fourth-order valence-electron chi connectivity index (χ4n) is 0.721. The standard InChI is InChI=1S/C7H8F6OS/c8-6(9,10)5(14,7(11,12)13)3-1-2-4-15/h1-2,14-15H,3-4H2/b2-1+. The lowest BCUT2D eigenvalue weighted by Gasteiger charge is -2.31. The van der Waals surface area contributed by atoms with Crippen molar-refractivity contribution < 1.29 is 31.4 Å². The van der Waals surface area contributed by atoms with Gasteiger partial charge in [-0.3, -0.25) is 0 Å². The van der Waals surface area contributed by atoms with E-state index in [1.807, 2.05) is 0 Å². The molecule has 0 aliphatic rings. The summed E-state index contributed by atoms with van der Waals surface area (Å²) in [5.41, 5.74) is -4.69. The largest absolute Gasteiger partial charge is 0.426 e. The van der Waals surface area contributed by atoms with E-state index in [0.717, 1.165) is 6.08 Å². The molecule has 0 radical (unpaired) electrons. The van der Waals surface area contributed by atoms with Gasteiger partial charge in [0.25, 0.3) is 5.60 Å². The van der Waals surface area contributed by atoms with Crippen molar-refractivity contribution in [1.29, 1.82) is 0 Å². The molecule has 0 atom stereocenters. The number of thiol groups is 1. The van der Waals surface area contributed by atoms with E-state index in [-0.39, 0.29) is 5.75 Å². The van der Waals surface area contributed by atoms with E-state index >= 15 is 0 Å². The molecule has 0 aromatic rings. The van der Waals surface area contributed by atoms with Crippen molar-refractivity contribution in [1.82, 2.24) is 0 Å². The second kappa shape index (κ2) is 4.65. The van der Waals surface area contributed by atoms with E-state index in [4.69, 9.17) is 5.11 Å². The highest BCUT2D eigenvalue weighted by Gasteiger charge is 2.69. The quantitative estimate of drug-likeness (QED) is 0.451. The molecule has 0 bridgehead atoms. The molecule has 0 saturated heterocycles. The van der Waals surface area contributed by atoms with Crippen molar-refractivity contribution in [3.8, 4) is 0 Å². The lowest BCUT2D eigenvalue weighted by atomic mass is 9.98. The van der Waals surface area contributed by atoms with Crippen molar-refractivity contribution in [2.45, 2.75) is 24.4 Å². The minimum atomic E-state index is -5.76. The number of hydrogen-bond acceptors (Lipinski definition) is 2. The van der Waals surface area contributed by atoms with Crippen molar-refractivity contribution >= 4 is 12.6 Å². The molecule has 1 nitrogen and oxygen atoms in total. The first-order valence-electron chi connectivity index (χ1n) is 3.68. The second-order valence-electron chi connectivity index (χ2n) is 2.71. The Hall–Kier alpha value is -0.370. The maximum atomic E-state index is 12.0. The first kappa shape index (κ1) is 14.6. The number of rotatable bonds is 3. The zero-order valence-corrected chi connectivity index (χ0v) is 8.13. The van der Waals surface area contributed by atoms with Gasteiger partial charge in [0, 0.05) is 12.2 Å². The van der Waals surface area contributed by atoms with E-state index in [1.165, 1.54) is 0 Å². The lowest BCUT2D eigenvalue weighted by Crippen LogP contribution is -2.56. The Labute approximate surface area is 87.2 Å². The Kier molecular flexibility index (Phi) is 4.53. The molecule has 0 rings (SSSR count). The minimum absolute atomic E-state index is 0.00814. The zero-order valence-electron chi connectivity index (χ0n) is 7.23. The van der Waals surface area contributed by atoms with Crippen LogP contribution in [0.25, 0.3) is 0 Å². The average molecular weight is 254 g/mol. The number of aliphatic hydroxyl groups is 1. The molecule has 0 aliphatic carbocycles. The van der Waals surface area contributed by atoms with Gasteiger partial charge in [-0.2, -0.15) is 39.0 Å². The Morgan fingerprint density at radius 2 is 1.33 bits per heavy atom. The highest BCUT2D eigenvalue weighted by atomic mass is 32.1. The summed E-state index contributed by atoms with van der Waals surface area (Å²) in [6.07, 6.45) is -11.5. The normalized spacial score (nSPS) is 14.9. The lowest BCUT2D eigenvalue weighted by molar-refractivity contribution is -0.366. The highest BCUT2D eigenvalue weighted by Crippen LogP contribution is 2.45. The van der Waals surface area contributed by atoms with Crippen molar-refractivity contribution in [2.24, 2.45) is 0 Å². The van der Waals surface area contributed by atoms with E-state index in [9.17, 15) is 26.3 Å². The van der Waals surface area contributed by atoms with Crippen LogP contribution in [0.2, 0.25) is 0 Å². The summed E-state index contributed by atoms with van der Waals surface area (Å²) in [4.78, 5) is 0. The molecular weight excluding hydrogens is 246 g/mol. The summed E-state index contributed by atoms with van der Waals surface area (Å²) in [7, 11) is 0. The molecule has 0 spiro atoms. The fourth-order valence-corrected chi connectivity index (χ4v) is 0.870. The van der Waals surface area contributed by atoms with E-state index in [0.29, 0.717) is 6.08 Å². The highest BCUT2D eigenvalue weighted by molar-refractivity contribution is 7.80. The first-order valence-corrected chi connectivity index (χ1v) is 4.31. The Morgan fingerprint density at radius 3 is 1.60 bits per heavy atom. The third-order valence-electron chi connectivity index (χ3n) is 1.62.